The van der Waals surface area contributed by atoms with E-state index in [0.717, 1.165) is 17.1 Å². The molecule has 0 saturated carbocycles. The van der Waals surface area contributed by atoms with E-state index in [1.807, 2.05) is 57.3 Å². The van der Waals surface area contributed by atoms with Crippen LogP contribution in [0, 0.1) is 0 Å². The average molecular weight is 256 g/mol. The van der Waals surface area contributed by atoms with Crippen molar-refractivity contribution in [2.75, 3.05) is 17.7 Å². The monoisotopic (exact) mass is 256 g/mol. The molecular formula is C16H20N2O. The molecule has 0 aromatic heterocycles. The first-order valence-electron chi connectivity index (χ1n) is 6.42. The fourth-order valence-corrected chi connectivity index (χ4v) is 1.94. The topological polar surface area (TPSA) is 38.5 Å². The summed E-state index contributed by atoms with van der Waals surface area (Å²) in [7, 11) is 2.02. The van der Waals surface area contributed by atoms with E-state index in [4.69, 9.17) is 10.5 Å². The highest BCUT2D eigenvalue weighted by Gasteiger charge is 2.07. The van der Waals surface area contributed by atoms with Crippen molar-refractivity contribution in [1.29, 1.82) is 0 Å². The zero-order valence-corrected chi connectivity index (χ0v) is 11.6. The van der Waals surface area contributed by atoms with Gasteiger partial charge < -0.3 is 15.4 Å². The predicted molar refractivity (Wildman–Crippen MR) is 81.1 cm³/mol. The van der Waals surface area contributed by atoms with Gasteiger partial charge in [0.05, 0.1) is 6.10 Å². The summed E-state index contributed by atoms with van der Waals surface area (Å²) in [6.07, 6.45) is 0.136. The SMILES string of the molecule is CC(C)Oc1cc(N)cc(N(C)c2ccccc2)c1. The predicted octanol–water partition coefficient (Wildman–Crippen LogP) is 3.82. The van der Waals surface area contributed by atoms with Crippen LogP contribution in [0.25, 0.3) is 0 Å². The second-order valence-corrected chi connectivity index (χ2v) is 4.82. The number of hydrogen-bond acceptors (Lipinski definition) is 3. The van der Waals surface area contributed by atoms with Crippen molar-refractivity contribution in [2.45, 2.75) is 20.0 Å². The third-order valence-corrected chi connectivity index (χ3v) is 2.82. The molecule has 2 N–H and O–H groups in total. The third-order valence-electron chi connectivity index (χ3n) is 2.82. The summed E-state index contributed by atoms with van der Waals surface area (Å²) < 4.78 is 5.72. The van der Waals surface area contributed by atoms with Crippen LogP contribution in [0.3, 0.4) is 0 Å². The lowest BCUT2D eigenvalue weighted by molar-refractivity contribution is 0.242. The van der Waals surface area contributed by atoms with Gasteiger partial charge in [-0.05, 0) is 32.0 Å². The molecule has 3 nitrogen and oxygen atoms in total. The minimum atomic E-state index is 0.136. The highest BCUT2D eigenvalue weighted by molar-refractivity contribution is 5.68. The lowest BCUT2D eigenvalue weighted by Gasteiger charge is -2.21. The standard InChI is InChI=1S/C16H20N2O/c1-12(2)19-16-10-13(17)9-15(11-16)18(3)14-7-5-4-6-8-14/h4-12H,17H2,1-3H3. The number of nitrogen functional groups attached to an aromatic ring is 1. The molecule has 0 fully saturated rings. The maximum absolute atomic E-state index is 5.94. The van der Waals surface area contributed by atoms with Gasteiger partial charge in [-0.1, -0.05) is 18.2 Å². The lowest BCUT2D eigenvalue weighted by atomic mass is 10.2. The minimum Gasteiger partial charge on any atom is -0.491 e. The van der Waals surface area contributed by atoms with E-state index in [-0.39, 0.29) is 6.10 Å². The quantitative estimate of drug-likeness (QED) is 0.845. The fourth-order valence-electron chi connectivity index (χ4n) is 1.94. The average Bonchev–Trinajstić information content (AvgIpc) is 2.37. The number of anilines is 3. The van der Waals surface area contributed by atoms with Gasteiger partial charge in [0, 0.05) is 36.2 Å². The number of benzene rings is 2. The van der Waals surface area contributed by atoms with Gasteiger partial charge in [-0.25, -0.2) is 0 Å². The first-order valence-corrected chi connectivity index (χ1v) is 6.42. The van der Waals surface area contributed by atoms with Gasteiger partial charge in [-0.3, -0.25) is 0 Å². The normalized spacial score (nSPS) is 10.5. The van der Waals surface area contributed by atoms with Crippen molar-refractivity contribution < 1.29 is 4.74 Å². The van der Waals surface area contributed by atoms with Gasteiger partial charge >= 0.3 is 0 Å². The van der Waals surface area contributed by atoms with Gasteiger partial charge in [0.1, 0.15) is 5.75 Å². The van der Waals surface area contributed by atoms with E-state index in [9.17, 15) is 0 Å². The van der Waals surface area contributed by atoms with Crippen LogP contribution in [0.1, 0.15) is 13.8 Å². The lowest BCUT2D eigenvalue weighted by Crippen LogP contribution is -2.11. The van der Waals surface area contributed by atoms with Crippen molar-refractivity contribution in [3.63, 3.8) is 0 Å². The first kappa shape index (κ1) is 13.3. The Morgan fingerprint density at radius 1 is 1.00 bits per heavy atom. The Balaban J connectivity index is 2.31. The van der Waals surface area contributed by atoms with Crippen molar-refractivity contribution in [1.82, 2.24) is 0 Å². The fraction of sp³-hybridized carbons (Fsp3) is 0.250. The molecule has 0 spiro atoms. The van der Waals surface area contributed by atoms with Gasteiger partial charge in [-0.15, -0.1) is 0 Å². The first-order chi connectivity index (χ1) is 9.06. The minimum absolute atomic E-state index is 0.136. The Labute approximate surface area is 114 Å². The van der Waals surface area contributed by atoms with E-state index < -0.39 is 0 Å². The maximum Gasteiger partial charge on any atom is 0.123 e. The van der Waals surface area contributed by atoms with Crippen LogP contribution in [0.4, 0.5) is 17.1 Å². The van der Waals surface area contributed by atoms with Crippen LogP contribution in [0.5, 0.6) is 5.75 Å². The van der Waals surface area contributed by atoms with Gasteiger partial charge in [-0.2, -0.15) is 0 Å². The molecule has 2 aromatic rings. The number of hydrogen-bond donors (Lipinski definition) is 1. The zero-order chi connectivity index (χ0) is 13.8. The summed E-state index contributed by atoms with van der Waals surface area (Å²) in [5.74, 6) is 0.799. The van der Waals surface area contributed by atoms with E-state index in [1.165, 1.54) is 0 Å². The smallest absolute Gasteiger partial charge is 0.123 e. The molecule has 0 aliphatic carbocycles. The molecule has 0 aliphatic rings. The summed E-state index contributed by atoms with van der Waals surface area (Å²) in [5.41, 5.74) is 8.78. The molecule has 100 valence electrons. The molecule has 0 bridgehead atoms. The van der Waals surface area contributed by atoms with Crippen LogP contribution < -0.4 is 15.4 Å². The highest BCUT2D eigenvalue weighted by Crippen LogP contribution is 2.29. The van der Waals surface area contributed by atoms with Crippen LogP contribution >= 0.6 is 0 Å². The van der Waals surface area contributed by atoms with Crippen molar-refractivity contribution >= 4 is 17.1 Å². The van der Waals surface area contributed by atoms with Gasteiger partial charge in [0.2, 0.25) is 0 Å². The molecule has 2 aromatic carbocycles. The van der Waals surface area contributed by atoms with E-state index in [2.05, 4.69) is 17.0 Å². The Hall–Kier alpha value is -2.16. The number of ether oxygens (including phenoxy) is 1. The number of rotatable bonds is 4. The number of para-hydroxylation sites is 1. The molecule has 2 rings (SSSR count). The van der Waals surface area contributed by atoms with Crippen LogP contribution in [-0.4, -0.2) is 13.2 Å². The Morgan fingerprint density at radius 2 is 1.68 bits per heavy atom. The summed E-state index contributed by atoms with van der Waals surface area (Å²) in [4.78, 5) is 2.09. The summed E-state index contributed by atoms with van der Waals surface area (Å²) in [6, 6.07) is 16.0. The Morgan fingerprint density at radius 3 is 2.32 bits per heavy atom. The zero-order valence-electron chi connectivity index (χ0n) is 11.6. The van der Waals surface area contributed by atoms with Gasteiger partial charge in [0.15, 0.2) is 0 Å². The van der Waals surface area contributed by atoms with E-state index in [1.54, 1.807) is 0 Å². The van der Waals surface area contributed by atoms with Crippen molar-refractivity contribution in [3.05, 3.63) is 48.5 Å². The van der Waals surface area contributed by atoms with Gasteiger partial charge in [0.25, 0.3) is 0 Å². The second kappa shape index (κ2) is 5.65. The second-order valence-electron chi connectivity index (χ2n) is 4.82. The third kappa shape index (κ3) is 3.41. The number of nitrogens with two attached hydrogens (primary N) is 1. The molecule has 0 aliphatic heterocycles. The van der Waals surface area contributed by atoms with Crippen LogP contribution in [0.2, 0.25) is 0 Å². The van der Waals surface area contributed by atoms with E-state index in [0.29, 0.717) is 5.69 Å². The van der Waals surface area contributed by atoms with Crippen LogP contribution in [0.15, 0.2) is 48.5 Å². The Kier molecular flexibility index (Phi) is 3.95. The molecule has 3 heteroatoms. The molecule has 0 unspecified atom stereocenters. The molecule has 0 radical (unpaired) electrons. The molecule has 0 heterocycles. The highest BCUT2D eigenvalue weighted by atomic mass is 16.5. The van der Waals surface area contributed by atoms with Crippen molar-refractivity contribution in [3.8, 4) is 5.75 Å². The molecule has 19 heavy (non-hydrogen) atoms. The summed E-state index contributed by atoms with van der Waals surface area (Å²) in [6.45, 7) is 4.01. The number of nitrogens with zero attached hydrogens (tertiary/aromatic N) is 1. The maximum atomic E-state index is 5.94. The summed E-state index contributed by atoms with van der Waals surface area (Å²) in [5, 5.41) is 0. The molecule has 0 amide bonds. The molecular weight excluding hydrogens is 236 g/mol. The molecule has 0 saturated heterocycles. The largest absolute Gasteiger partial charge is 0.491 e. The Bertz CT molecular complexity index is 538. The van der Waals surface area contributed by atoms with Crippen molar-refractivity contribution in [2.24, 2.45) is 0 Å². The van der Waals surface area contributed by atoms with E-state index >= 15 is 0 Å². The summed E-state index contributed by atoms with van der Waals surface area (Å²) >= 11 is 0. The molecule has 0 atom stereocenters. The van der Waals surface area contributed by atoms with Crippen LogP contribution in [-0.2, 0) is 0 Å².